The van der Waals surface area contributed by atoms with Crippen molar-refractivity contribution in [3.63, 3.8) is 0 Å². The summed E-state index contributed by atoms with van der Waals surface area (Å²) < 4.78 is 6.13. The lowest BCUT2D eigenvalue weighted by atomic mass is 10.1. The van der Waals surface area contributed by atoms with Gasteiger partial charge in [-0.3, -0.25) is 19.7 Å². The van der Waals surface area contributed by atoms with E-state index in [-0.39, 0.29) is 18.6 Å². The second-order valence-corrected chi connectivity index (χ2v) is 6.51. The molecule has 0 fully saturated rings. The Labute approximate surface area is 151 Å². The van der Waals surface area contributed by atoms with E-state index in [2.05, 4.69) is 45.0 Å². The smallest absolute Gasteiger partial charge is 0.320 e. The third kappa shape index (κ3) is 5.39. The first-order chi connectivity index (χ1) is 11.5. The summed E-state index contributed by atoms with van der Waals surface area (Å²) in [7, 11) is 0. The summed E-state index contributed by atoms with van der Waals surface area (Å²) >= 11 is 3.50. The van der Waals surface area contributed by atoms with Gasteiger partial charge in [-0.25, -0.2) is 0 Å². The van der Waals surface area contributed by atoms with Crippen LogP contribution in [0, 0.1) is 6.92 Å². The van der Waals surface area contributed by atoms with Gasteiger partial charge in [0.05, 0.1) is 24.5 Å². The molecule has 2 rings (SSSR count). The molecule has 0 bridgehead atoms. The van der Waals surface area contributed by atoms with E-state index >= 15 is 0 Å². The van der Waals surface area contributed by atoms with Crippen molar-refractivity contribution in [3.05, 3.63) is 58.1 Å². The molecule has 1 aromatic heterocycles. The van der Waals surface area contributed by atoms with Crippen LogP contribution in [0.3, 0.4) is 0 Å². The molecule has 0 aliphatic rings. The number of aryl methyl sites for hydroxylation is 1. The second kappa shape index (κ2) is 8.89. The molecular formula is C18H22BrN3O2. The molecule has 24 heavy (non-hydrogen) atoms. The highest BCUT2D eigenvalue weighted by Gasteiger charge is 2.20. The van der Waals surface area contributed by atoms with Crippen molar-refractivity contribution in [1.29, 1.82) is 0 Å². The molecule has 1 heterocycles. The summed E-state index contributed by atoms with van der Waals surface area (Å²) in [5.41, 5.74) is 2.82. The van der Waals surface area contributed by atoms with Gasteiger partial charge in [0, 0.05) is 29.5 Å². The minimum Gasteiger partial charge on any atom is -0.465 e. The molecule has 0 aliphatic carbocycles. The Bertz CT molecular complexity index is 676. The fourth-order valence-electron chi connectivity index (χ4n) is 2.39. The lowest BCUT2D eigenvalue weighted by Crippen LogP contribution is -2.33. The van der Waals surface area contributed by atoms with Crippen LogP contribution >= 0.6 is 15.9 Å². The Kier molecular flexibility index (Phi) is 6.87. The number of ether oxygens (including phenoxy) is 1. The van der Waals surface area contributed by atoms with Gasteiger partial charge in [0.25, 0.3) is 0 Å². The number of benzene rings is 1. The minimum absolute atomic E-state index is 0.0370. The maximum absolute atomic E-state index is 12.0. The first kappa shape index (κ1) is 18.5. The fraction of sp³-hybridized carbons (Fsp3) is 0.389. The van der Waals surface area contributed by atoms with Gasteiger partial charge in [-0.05, 0) is 38.5 Å². The van der Waals surface area contributed by atoms with Crippen molar-refractivity contribution in [2.45, 2.75) is 33.4 Å². The molecule has 128 valence electrons. The van der Waals surface area contributed by atoms with Crippen LogP contribution in [0.5, 0.6) is 0 Å². The van der Waals surface area contributed by atoms with Crippen molar-refractivity contribution in [2.24, 2.45) is 0 Å². The summed E-state index contributed by atoms with van der Waals surface area (Å²) in [6, 6.07) is 8.12. The van der Waals surface area contributed by atoms with Gasteiger partial charge in [0.15, 0.2) is 0 Å². The zero-order valence-electron chi connectivity index (χ0n) is 14.2. The number of carbonyl (C=O) groups is 1. The lowest BCUT2D eigenvalue weighted by molar-refractivity contribution is -0.145. The summed E-state index contributed by atoms with van der Waals surface area (Å²) in [5.74, 6) is -0.237. The quantitative estimate of drug-likeness (QED) is 0.673. The Morgan fingerprint density at radius 1 is 1.33 bits per heavy atom. The first-order valence-corrected chi connectivity index (χ1v) is 8.71. The van der Waals surface area contributed by atoms with Crippen LogP contribution < -0.4 is 0 Å². The number of aromatic nitrogens is 2. The molecular weight excluding hydrogens is 370 g/mol. The van der Waals surface area contributed by atoms with E-state index in [1.54, 1.807) is 12.4 Å². The largest absolute Gasteiger partial charge is 0.465 e. The molecule has 0 spiro atoms. The van der Waals surface area contributed by atoms with Crippen LogP contribution in [0.15, 0.2) is 41.1 Å². The number of halogens is 1. The average Bonchev–Trinajstić information content (AvgIpc) is 2.56. The summed E-state index contributed by atoms with van der Waals surface area (Å²) in [6.45, 7) is 6.89. The zero-order chi connectivity index (χ0) is 17.5. The Morgan fingerprint density at radius 3 is 2.75 bits per heavy atom. The third-order valence-electron chi connectivity index (χ3n) is 3.72. The number of rotatable bonds is 7. The second-order valence-electron chi connectivity index (χ2n) is 5.59. The molecule has 0 saturated heterocycles. The average molecular weight is 392 g/mol. The van der Waals surface area contributed by atoms with E-state index in [9.17, 15) is 4.79 Å². The van der Waals surface area contributed by atoms with Gasteiger partial charge in [-0.1, -0.05) is 28.1 Å². The monoisotopic (exact) mass is 391 g/mol. The predicted octanol–water partition coefficient (Wildman–Crippen LogP) is 3.67. The normalized spacial score (nSPS) is 12.2. The van der Waals surface area contributed by atoms with Gasteiger partial charge in [0.1, 0.15) is 0 Å². The molecule has 1 atom stereocenters. The van der Waals surface area contributed by atoms with E-state index in [1.807, 2.05) is 30.9 Å². The standard InChI is InChI=1S/C18H22BrN3O2/c1-4-24-18(23)12-22(11-17-10-20-13(2)9-21-17)14(3)15-6-5-7-16(19)8-15/h5-10,14H,4,11-12H2,1-3H3/t14-/m1/s1. The third-order valence-corrected chi connectivity index (χ3v) is 4.21. The van der Waals surface area contributed by atoms with E-state index in [1.165, 1.54) is 0 Å². The van der Waals surface area contributed by atoms with Crippen LogP contribution in [0.4, 0.5) is 0 Å². The Balaban J connectivity index is 2.20. The maximum Gasteiger partial charge on any atom is 0.320 e. The molecule has 6 heteroatoms. The van der Waals surface area contributed by atoms with Gasteiger partial charge < -0.3 is 4.74 Å². The lowest BCUT2D eigenvalue weighted by Gasteiger charge is -2.28. The predicted molar refractivity (Wildman–Crippen MR) is 96.4 cm³/mol. The molecule has 0 amide bonds. The highest BCUT2D eigenvalue weighted by molar-refractivity contribution is 9.10. The van der Waals surface area contributed by atoms with Crippen molar-refractivity contribution < 1.29 is 9.53 Å². The minimum atomic E-state index is -0.237. The van der Waals surface area contributed by atoms with Gasteiger partial charge >= 0.3 is 5.97 Å². The van der Waals surface area contributed by atoms with Crippen molar-refractivity contribution >= 4 is 21.9 Å². The Morgan fingerprint density at radius 2 is 2.12 bits per heavy atom. The molecule has 0 unspecified atom stereocenters. The van der Waals surface area contributed by atoms with Crippen molar-refractivity contribution in [1.82, 2.24) is 14.9 Å². The van der Waals surface area contributed by atoms with Crippen molar-refractivity contribution in [3.8, 4) is 0 Å². The summed E-state index contributed by atoms with van der Waals surface area (Å²) in [4.78, 5) is 22.7. The van der Waals surface area contributed by atoms with Crippen LogP contribution in [0.2, 0.25) is 0 Å². The van der Waals surface area contributed by atoms with E-state index in [4.69, 9.17) is 4.74 Å². The Hall–Kier alpha value is -1.79. The van der Waals surface area contributed by atoms with Crippen molar-refractivity contribution in [2.75, 3.05) is 13.2 Å². The SMILES string of the molecule is CCOC(=O)CN(Cc1cnc(C)cn1)[C@H](C)c1cccc(Br)c1. The van der Waals surface area contributed by atoms with Crippen LogP contribution in [0.1, 0.15) is 36.8 Å². The van der Waals surface area contributed by atoms with Crippen LogP contribution in [0.25, 0.3) is 0 Å². The highest BCUT2D eigenvalue weighted by atomic mass is 79.9. The number of esters is 1. The molecule has 1 aromatic carbocycles. The molecule has 5 nitrogen and oxygen atoms in total. The molecule has 2 aromatic rings. The number of hydrogen-bond acceptors (Lipinski definition) is 5. The number of hydrogen-bond donors (Lipinski definition) is 0. The molecule has 0 N–H and O–H groups in total. The van der Waals surface area contributed by atoms with Gasteiger partial charge in [-0.15, -0.1) is 0 Å². The van der Waals surface area contributed by atoms with Gasteiger partial charge in [-0.2, -0.15) is 0 Å². The van der Waals surface area contributed by atoms with E-state index < -0.39 is 0 Å². The summed E-state index contributed by atoms with van der Waals surface area (Å²) in [6.07, 6.45) is 3.49. The molecule has 0 saturated carbocycles. The highest BCUT2D eigenvalue weighted by Crippen LogP contribution is 2.24. The fourth-order valence-corrected chi connectivity index (χ4v) is 2.81. The number of nitrogens with zero attached hydrogens (tertiary/aromatic N) is 3. The molecule has 0 radical (unpaired) electrons. The molecule has 0 aliphatic heterocycles. The van der Waals surface area contributed by atoms with Crippen LogP contribution in [-0.2, 0) is 16.1 Å². The maximum atomic E-state index is 12.0. The summed E-state index contributed by atoms with van der Waals surface area (Å²) in [5, 5.41) is 0. The zero-order valence-corrected chi connectivity index (χ0v) is 15.8. The van der Waals surface area contributed by atoms with E-state index in [0.717, 1.165) is 21.4 Å². The van der Waals surface area contributed by atoms with Crippen LogP contribution in [-0.4, -0.2) is 34.0 Å². The number of carbonyl (C=O) groups excluding carboxylic acids is 1. The van der Waals surface area contributed by atoms with Gasteiger partial charge in [0.2, 0.25) is 0 Å². The van der Waals surface area contributed by atoms with E-state index in [0.29, 0.717) is 13.2 Å². The first-order valence-electron chi connectivity index (χ1n) is 7.92. The topological polar surface area (TPSA) is 55.3 Å².